The number of benzene rings is 2. The zero-order valence-corrected chi connectivity index (χ0v) is 14.9. The largest absolute Gasteiger partial charge is 0.444 e. The van der Waals surface area contributed by atoms with Gasteiger partial charge in [-0.1, -0.05) is 46.8 Å². The zero-order valence-electron chi connectivity index (χ0n) is 14.1. The highest BCUT2D eigenvalue weighted by molar-refractivity contribution is 7.16. The van der Waals surface area contributed by atoms with Gasteiger partial charge in [0.05, 0.1) is 10.2 Å². The Bertz CT molecular complexity index is 932. The van der Waals surface area contributed by atoms with Crippen LogP contribution in [-0.2, 0) is 23.2 Å². The third kappa shape index (κ3) is 4.19. The number of anilines is 1. The molecule has 0 unspecified atom stereocenters. The van der Waals surface area contributed by atoms with Gasteiger partial charge in [0, 0.05) is 12.7 Å². The Hall–Kier alpha value is -2.80. The second-order valence-corrected chi connectivity index (χ2v) is 6.33. The Morgan fingerprint density at radius 2 is 2.04 bits per heavy atom. The van der Waals surface area contributed by atoms with Crippen LogP contribution in [0.4, 0.5) is 10.5 Å². The predicted molar refractivity (Wildman–Crippen MR) is 98.2 cm³/mol. The van der Waals surface area contributed by atoms with Crippen LogP contribution in [-0.4, -0.2) is 17.3 Å². The molecule has 1 aromatic heterocycles. The number of nitrogens with zero attached hydrogens (tertiary/aromatic N) is 2. The highest BCUT2D eigenvalue weighted by Gasteiger charge is 2.08. The summed E-state index contributed by atoms with van der Waals surface area (Å²) in [6.07, 6.45) is -0.483. The van der Waals surface area contributed by atoms with E-state index in [9.17, 15) is 4.79 Å². The van der Waals surface area contributed by atoms with Crippen molar-refractivity contribution in [3.63, 3.8) is 0 Å². The maximum atomic E-state index is 12.0. The fourth-order valence-electron chi connectivity index (χ4n) is 2.30. The third-order valence-corrected chi connectivity index (χ3v) is 4.62. The van der Waals surface area contributed by atoms with Crippen molar-refractivity contribution in [2.45, 2.75) is 13.5 Å². The van der Waals surface area contributed by atoms with Crippen molar-refractivity contribution in [3.8, 4) is 0 Å². The van der Waals surface area contributed by atoms with E-state index >= 15 is 0 Å². The number of aryl methyl sites for hydroxylation is 1. The molecule has 1 heterocycles. The molecule has 3 aromatic rings. The van der Waals surface area contributed by atoms with Gasteiger partial charge in [-0.3, -0.25) is 5.32 Å². The summed E-state index contributed by atoms with van der Waals surface area (Å²) in [6.45, 7) is 2.65. The van der Waals surface area contributed by atoms with Gasteiger partial charge in [-0.15, -0.1) is 0 Å². The maximum Gasteiger partial charge on any atom is 0.411 e. The minimum absolute atomic E-state index is 0.236. The van der Waals surface area contributed by atoms with Crippen LogP contribution < -0.4 is 10.1 Å². The van der Waals surface area contributed by atoms with E-state index in [4.69, 9.17) is 9.57 Å². The van der Waals surface area contributed by atoms with Gasteiger partial charge in [-0.05, 0) is 30.7 Å². The van der Waals surface area contributed by atoms with Crippen LogP contribution in [0.15, 0.2) is 53.7 Å². The third-order valence-electron chi connectivity index (χ3n) is 3.54. The molecule has 1 N–H and O–H groups in total. The first-order valence-corrected chi connectivity index (χ1v) is 8.72. The smallest absolute Gasteiger partial charge is 0.411 e. The quantitative estimate of drug-likeness (QED) is 0.706. The molecule has 6 nitrogen and oxygen atoms in total. The van der Waals surface area contributed by atoms with E-state index in [1.54, 1.807) is 0 Å². The topological polar surface area (TPSA) is 64.8 Å². The number of nitrogens with one attached hydrogen (secondary N) is 1. The first-order chi connectivity index (χ1) is 12.2. The van der Waals surface area contributed by atoms with E-state index in [1.807, 2.05) is 67.1 Å². The molecule has 2 aromatic carbocycles. The number of hydrogen-bond acceptors (Lipinski definition) is 5. The second kappa shape index (κ2) is 7.85. The first-order valence-electron chi connectivity index (χ1n) is 7.90. The lowest BCUT2D eigenvalue weighted by molar-refractivity contribution is 0.146. The van der Waals surface area contributed by atoms with Crippen molar-refractivity contribution < 1.29 is 14.4 Å². The van der Waals surface area contributed by atoms with E-state index in [1.165, 1.54) is 11.3 Å². The Kier molecular flexibility index (Phi) is 5.35. The summed E-state index contributed by atoms with van der Waals surface area (Å²) in [4.78, 5) is 17.8. The molecular formula is C18H19N3O3S. The lowest BCUT2D eigenvalue weighted by Gasteiger charge is -2.07. The maximum absolute atomic E-state index is 12.0. The number of hydrogen-bond donors (Lipinski definition) is 1. The highest BCUT2D eigenvalue weighted by atomic mass is 32.1. The van der Waals surface area contributed by atoms with Crippen LogP contribution in [0.1, 0.15) is 12.5 Å². The summed E-state index contributed by atoms with van der Waals surface area (Å²) in [7, 11) is 1.93. The summed E-state index contributed by atoms with van der Waals surface area (Å²) < 4.78 is 8.19. The molecule has 0 spiro atoms. The number of carbonyl (C=O) groups excluding carboxylic acids is 1. The Morgan fingerprint density at radius 3 is 2.80 bits per heavy atom. The van der Waals surface area contributed by atoms with Gasteiger partial charge in [-0.25, -0.2) is 4.79 Å². The average molecular weight is 357 g/mol. The van der Waals surface area contributed by atoms with E-state index in [-0.39, 0.29) is 6.61 Å². The van der Waals surface area contributed by atoms with Crippen LogP contribution in [0.3, 0.4) is 0 Å². The number of ether oxygens (including phenoxy) is 1. The zero-order chi connectivity index (χ0) is 17.6. The molecule has 0 atom stereocenters. The minimum Gasteiger partial charge on any atom is -0.444 e. The predicted octanol–water partition coefficient (Wildman–Crippen LogP) is 3.84. The number of carbonyl (C=O) groups is 1. The molecule has 0 aliphatic heterocycles. The Labute approximate surface area is 149 Å². The van der Waals surface area contributed by atoms with Crippen molar-refractivity contribution in [3.05, 3.63) is 58.9 Å². The number of aromatic nitrogens is 1. The molecule has 0 aliphatic carbocycles. The second-order valence-electron chi connectivity index (χ2n) is 5.32. The van der Waals surface area contributed by atoms with Crippen molar-refractivity contribution in [1.29, 1.82) is 0 Å². The van der Waals surface area contributed by atoms with Crippen LogP contribution in [0.5, 0.6) is 0 Å². The van der Waals surface area contributed by atoms with Crippen molar-refractivity contribution in [2.24, 2.45) is 12.2 Å². The number of thiazole rings is 1. The molecular weight excluding hydrogens is 338 g/mol. The van der Waals surface area contributed by atoms with Gasteiger partial charge in [0.1, 0.15) is 13.2 Å². The normalized spacial score (nSPS) is 11.5. The Morgan fingerprint density at radius 1 is 1.24 bits per heavy atom. The molecule has 0 radical (unpaired) electrons. The number of rotatable bonds is 5. The van der Waals surface area contributed by atoms with Crippen molar-refractivity contribution in [2.75, 3.05) is 11.9 Å². The molecule has 7 heteroatoms. The summed E-state index contributed by atoms with van der Waals surface area (Å²) >= 11 is 1.49. The van der Waals surface area contributed by atoms with Gasteiger partial charge >= 0.3 is 6.09 Å². The number of amides is 1. The molecule has 0 bridgehead atoms. The summed E-state index contributed by atoms with van der Waals surface area (Å²) in [5, 5.41) is 6.84. The Balaban J connectivity index is 1.70. The molecule has 25 heavy (non-hydrogen) atoms. The van der Waals surface area contributed by atoms with Crippen molar-refractivity contribution >= 4 is 33.3 Å². The highest BCUT2D eigenvalue weighted by Crippen LogP contribution is 2.21. The summed E-state index contributed by atoms with van der Waals surface area (Å²) in [5.41, 5.74) is 2.64. The van der Waals surface area contributed by atoms with Gasteiger partial charge in [0.2, 0.25) is 4.80 Å². The molecule has 0 saturated carbocycles. The molecule has 1 amide bonds. The van der Waals surface area contributed by atoms with Gasteiger partial charge in [0.25, 0.3) is 0 Å². The van der Waals surface area contributed by atoms with E-state index in [2.05, 4.69) is 10.5 Å². The fourth-order valence-corrected chi connectivity index (χ4v) is 3.31. The summed E-state index contributed by atoms with van der Waals surface area (Å²) in [5.74, 6) is 0. The van der Waals surface area contributed by atoms with Crippen LogP contribution >= 0.6 is 11.3 Å². The van der Waals surface area contributed by atoms with E-state index < -0.39 is 6.09 Å². The lowest BCUT2D eigenvalue weighted by atomic mass is 10.2. The van der Waals surface area contributed by atoms with Crippen molar-refractivity contribution in [1.82, 2.24) is 4.57 Å². The van der Waals surface area contributed by atoms with Gasteiger partial charge in [0.15, 0.2) is 0 Å². The van der Waals surface area contributed by atoms with Gasteiger partial charge in [-0.2, -0.15) is 0 Å². The van der Waals surface area contributed by atoms with E-state index in [0.717, 1.165) is 20.6 Å². The minimum atomic E-state index is -0.483. The van der Waals surface area contributed by atoms with Crippen LogP contribution in [0.2, 0.25) is 0 Å². The van der Waals surface area contributed by atoms with Crippen LogP contribution in [0.25, 0.3) is 10.2 Å². The summed E-state index contributed by atoms with van der Waals surface area (Å²) in [6, 6.07) is 15.2. The molecule has 130 valence electrons. The average Bonchev–Trinajstić information content (AvgIpc) is 2.94. The first kappa shape index (κ1) is 17.0. The molecule has 0 saturated heterocycles. The SMILES string of the molecule is CCON=c1sc2cc(NC(=O)OCc3ccccc3)ccc2n1C. The monoisotopic (exact) mass is 357 g/mol. The van der Waals surface area contributed by atoms with E-state index in [0.29, 0.717) is 12.3 Å². The van der Waals surface area contributed by atoms with Gasteiger partial charge < -0.3 is 14.1 Å². The molecule has 0 fully saturated rings. The molecule has 3 rings (SSSR count). The van der Waals surface area contributed by atoms with Crippen LogP contribution in [0, 0.1) is 0 Å². The fraction of sp³-hybridized carbons (Fsp3) is 0.222. The standard InChI is InChI=1S/C18H19N3O3S/c1-3-24-20-17-21(2)15-10-9-14(11-16(15)25-17)19-18(22)23-12-13-7-5-4-6-8-13/h4-11H,3,12H2,1-2H3,(H,19,22). The number of fused-ring (bicyclic) bond motifs is 1. The lowest BCUT2D eigenvalue weighted by Crippen LogP contribution is -2.13. The molecule has 0 aliphatic rings.